The minimum Gasteiger partial charge on any atom is -0.496 e. The smallest absolute Gasteiger partial charge is 0.387 e. The fourth-order valence-electron chi connectivity index (χ4n) is 2.03. The van der Waals surface area contributed by atoms with Gasteiger partial charge < -0.3 is 14.8 Å². The highest BCUT2D eigenvalue weighted by Crippen LogP contribution is 2.24. The fourth-order valence-corrected chi connectivity index (χ4v) is 2.84. The Morgan fingerprint density at radius 3 is 2.56 bits per heavy atom. The van der Waals surface area contributed by atoms with Crippen LogP contribution < -0.4 is 14.8 Å². The van der Waals surface area contributed by atoms with Crippen LogP contribution in [0.3, 0.4) is 0 Å². The van der Waals surface area contributed by atoms with Crippen LogP contribution in [0.5, 0.6) is 11.5 Å². The van der Waals surface area contributed by atoms with Crippen LogP contribution in [0, 0.1) is 5.82 Å². The van der Waals surface area contributed by atoms with E-state index in [4.69, 9.17) is 4.74 Å². The van der Waals surface area contributed by atoms with Gasteiger partial charge in [0.05, 0.1) is 12.9 Å². The molecular formula is C17H16F3NO3S. The minimum absolute atomic E-state index is 0.0144. The number of carbonyl (C=O) groups is 1. The van der Waals surface area contributed by atoms with Gasteiger partial charge in [-0.1, -0.05) is 0 Å². The van der Waals surface area contributed by atoms with E-state index in [1.54, 1.807) is 0 Å². The molecule has 0 unspecified atom stereocenters. The van der Waals surface area contributed by atoms with Crippen LogP contribution in [0.1, 0.15) is 5.56 Å². The van der Waals surface area contributed by atoms with Gasteiger partial charge in [0.25, 0.3) is 0 Å². The molecule has 2 aromatic rings. The van der Waals surface area contributed by atoms with Crippen molar-refractivity contribution in [1.29, 1.82) is 0 Å². The molecule has 0 spiro atoms. The second kappa shape index (κ2) is 9.22. The monoisotopic (exact) mass is 371 g/mol. The number of alkyl halides is 2. The van der Waals surface area contributed by atoms with E-state index < -0.39 is 6.61 Å². The van der Waals surface area contributed by atoms with Crippen molar-refractivity contribution in [1.82, 2.24) is 0 Å². The molecule has 134 valence electrons. The van der Waals surface area contributed by atoms with Crippen LogP contribution in [-0.2, 0) is 10.5 Å². The molecule has 0 atom stereocenters. The quantitative estimate of drug-likeness (QED) is 0.751. The average Bonchev–Trinajstić information content (AvgIpc) is 2.56. The SMILES string of the molecule is COc1ccc(F)cc1CSCC(=O)Nc1ccc(OC(F)F)cc1. The molecule has 4 nitrogen and oxygen atoms in total. The van der Waals surface area contributed by atoms with E-state index in [-0.39, 0.29) is 23.2 Å². The molecule has 0 aliphatic rings. The number of methoxy groups -OCH3 is 1. The lowest BCUT2D eigenvalue weighted by Crippen LogP contribution is -2.14. The van der Waals surface area contributed by atoms with Gasteiger partial charge in [-0.3, -0.25) is 4.79 Å². The maximum absolute atomic E-state index is 13.3. The van der Waals surface area contributed by atoms with E-state index in [0.717, 1.165) is 0 Å². The van der Waals surface area contributed by atoms with Crippen LogP contribution in [0.2, 0.25) is 0 Å². The van der Waals surface area contributed by atoms with Crippen molar-refractivity contribution >= 4 is 23.4 Å². The largest absolute Gasteiger partial charge is 0.496 e. The van der Waals surface area contributed by atoms with Gasteiger partial charge in [0.1, 0.15) is 17.3 Å². The molecule has 0 bridgehead atoms. The number of nitrogens with one attached hydrogen (secondary N) is 1. The molecule has 2 aromatic carbocycles. The first-order chi connectivity index (χ1) is 12.0. The fraction of sp³-hybridized carbons (Fsp3) is 0.235. The Morgan fingerprint density at radius 1 is 1.20 bits per heavy atom. The number of anilines is 1. The number of benzene rings is 2. The minimum atomic E-state index is -2.89. The summed E-state index contributed by atoms with van der Waals surface area (Å²) in [6.07, 6.45) is 0. The summed E-state index contributed by atoms with van der Waals surface area (Å²) < 4.78 is 46.8. The number of hydrogen-bond donors (Lipinski definition) is 1. The zero-order valence-corrected chi connectivity index (χ0v) is 14.1. The van der Waals surface area contributed by atoms with Crippen molar-refractivity contribution in [2.45, 2.75) is 12.4 Å². The van der Waals surface area contributed by atoms with Crippen LogP contribution in [0.25, 0.3) is 0 Å². The first-order valence-electron chi connectivity index (χ1n) is 7.23. The molecular weight excluding hydrogens is 355 g/mol. The van der Waals surface area contributed by atoms with Gasteiger partial charge in [-0.2, -0.15) is 8.78 Å². The van der Waals surface area contributed by atoms with Crippen molar-refractivity contribution in [3.05, 3.63) is 53.8 Å². The number of hydrogen-bond acceptors (Lipinski definition) is 4. The van der Waals surface area contributed by atoms with Gasteiger partial charge >= 0.3 is 6.61 Å². The highest BCUT2D eigenvalue weighted by molar-refractivity contribution is 7.99. The Morgan fingerprint density at radius 2 is 1.92 bits per heavy atom. The lowest BCUT2D eigenvalue weighted by Gasteiger charge is -2.09. The molecule has 0 radical (unpaired) electrons. The van der Waals surface area contributed by atoms with Gasteiger partial charge in [0.2, 0.25) is 5.91 Å². The third-order valence-corrected chi connectivity index (χ3v) is 4.08. The van der Waals surface area contributed by atoms with Crippen molar-refractivity contribution in [2.75, 3.05) is 18.2 Å². The molecule has 1 N–H and O–H groups in total. The summed E-state index contributed by atoms with van der Waals surface area (Å²) in [4.78, 5) is 11.9. The van der Waals surface area contributed by atoms with Crippen molar-refractivity contribution in [3.8, 4) is 11.5 Å². The number of rotatable bonds is 8. The molecule has 0 saturated carbocycles. The third-order valence-electron chi connectivity index (χ3n) is 3.10. The molecule has 0 heterocycles. The predicted octanol–water partition coefficient (Wildman–Crippen LogP) is 4.31. The summed E-state index contributed by atoms with van der Waals surface area (Å²) in [5.74, 6) is 0.504. The second-order valence-corrected chi connectivity index (χ2v) is 5.89. The molecule has 25 heavy (non-hydrogen) atoms. The lowest BCUT2D eigenvalue weighted by molar-refractivity contribution is -0.113. The van der Waals surface area contributed by atoms with Gasteiger partial charge in [0.15, 0.2) is 0 Å². The molecule has 0 aliphatic carbocycles. The Labute approximate surface area is 147 Å². The highest BCUT2D eigenvalue weighted by Gasteiger charge is 2.08. The predicted molar refractivity (Wildman–Crippen MR) is 90.8 cm³/mol. The van der Waals surface area contributed by atoms with E-state index in [2.05, 4.69) is 10.1 Å². The number of thioether (sulfide) groups is 1. The topological polar surface area (TPSA) is 47.6 Å². The number of halogens is 3. The molecule has 2 rings (SSSR count). The summed E-state index contributed by atoms with van der Waals surface area (Å²) in [5, 5.41) is 2.64. The Hall–Kier alpha value is -2.35. The normalized spacial score (nSPS) is 10.6. The summed E-state index contributed by atoms with van der Waals surface area (Å²) >= 11 is 1.30. The number of carbonyl (C=O) groups excluding carboxylic acids is 1. The first kappa shape index (κ1) is 19.0. The lowest BCUT2D eigenvalue weighted by atomic mass is 10.2. The van der Waals surface area contributed by atoms with Crippen molar-refractivity contribution in [3.63, 3.8) is 0 Å². The molecule has 8 heteroatoms. The van der Waals surface area contributed by atoms with E-state index in [1.807, 2.05) is 0 Å². The van der Waals surface area contributed by atoms with Gasteiger partial charge in [-0.05, 0) is 42.5 Å². The zero-order valence-electron chi connectivity index (χ0n) is 13.3. The first-order valence-corrected chi connectivity index (χ1v) is 8.38. The van der Waals surface area contributed by atoms with Crippen molar-refractivity contribution in [2.24, 2.45) is 0 Å². The van der Waals surface area contributed by atoms with E-state index >= 15 is 0 Å². The van der Waals surface area contributed by atoms with Crippen LogP contribution in [0.15, 0.2) is 42.5 Å². The summed E-state index contributed by atoms with van der Waals surface area (Å²) in [6, 6.07) is 9.83. The summed E-state index contributed by atoms with van der Waals surface area (Å²) in [6.45, 7) is -2.89. The number of amides is 1. The second-order valence-electron chi connectivity index (χ2n) is 4.90. The van der Waals surface area contributed by atoms with Gasteiger partial charge in [-0.25, -0.2) is 4.39 Å². The van der Waals surface area contributed by atoms with Gasteiger partial charge in [0, 0.05) is 17.0 Å². The van der Waals surface area contributed by atoms with E-state index in [9.17, 15) is 18.0 Å². The molecule has 0 saturated heterocycles. The highest BCUT2D eigenvalue weighted by atomic mass is 32.2. The third kappa shape index (κ3) is 6.22. The van der Waals surface area contributed by atoms with Crippen LogP contribution in [0.4, 0.5) is 18.9 Å². The molecule has 0 aliphatic heterocycles. The maximum atomic E-state index is 13.3. The van der Waals surface area contributed by atoms with Crippen LogP contribution >= 0.6 is 11.8 Å². The van der Waals surface area contributed by atoms with E-state index in [0.29, 0.717) is 22.8 Å². The van der Waals surface area contributed by atoms with E-state index in [1.165, 1.54) is 61.3 Å². The summed E-state index contributed by atoms with van der Waals surface area (Å²) in [7, 11) is 1.50. The summed E-state index contributed by atoms with van der Waals surface area (Å²) in [5.41, 5.74) is 1.13. The standard InChI is InChI=1S/C17H16F3NO3S/c1-23-15-7-2-12(18)8-11(15)9-25-10-16(22)21-13-3-5-14(6-4-13)24-17(19)20/h2-8,17H,9-10H2,1H3,(H,21,22). The Kier molecular flexibility index (Phi) is 7.00. The van der Waals surface area contributed by atoms with Crippen molar-refractivity contribution < 1.29 is 27.4 Å². The van der Waals surface area contributed by atoms with Gasteiger partial charge in [-0.15, -0.1) is 11.8 Å². The Balaban J connectivity index is 1.82. The zero-order chi connectivity index (χ0) is 18.2. The molecule has 1 amide bonds. The molecule has 0 aromatic heterocycles. The number of ether oxygens (including phenoxy) is 2. The van der Waals surface area contributed by atoms with Crippen LogP contribution in [-0.4, -0.2) is 25.4 Å². The molecule has 0 fully saturated rings. The maximum Gasteiger partial charge on any atom is 0.387 e. The Bertz CT molecular complexity index is 711. The average molecular weight is 371 g/mol.